The largest absolute Gasteiger partial charge is 0.444 e. The number of fused-ring (bicyclic) bond motifs is 1. The van der Waals surface area contributed by atoms with Crippen molar-refractivity contribution in [3.63, 3.8) is 0 Å². The molecule has 1 aliphatic rings. The van der Waals surface area contributed by atoms with E-state index >= 15 is 0 Å². The van der Waals surface area contributed by atoms with E-state index in [1.165, 1.54) is 11.3 Å². The number of hydrogen-bond donors (Lipinski definition) is 1. The Labute approximate surface area is 175 Å². The predicted molar refractivity (Wildman–Crippen MR) is 116 cm³/mol. The smallest absolute Gasteiger partial charge is 0.410 e. The van der Waals surface area contributed by atoms with E-state index in [1.807, 2.05) is 45.0 Å². The number of ether oxygens (including phenoxy) is 1. The molecule has 1 N–H and O–H groups in total. The van der Waals surface area contributed by atoms with Crippen LogP contribution in [0.5, 0.6) is 0 Å². The van der Waals surface area contributed by atoms with Crippen molar-refractivity contribution in [3.8, 4) is 11.3 Å². The predicted octanol–water partition coefficient (Wildman–Crippen LogP) is 5.53. The molecule has 1 aromatic heterocycles. The molecule has 6 heteroatoms. The van der Waals surface area contributed by atoms with E-state index in [2.05, 4.69) is 18.2 Å². The summed E-state index contributed by atoms with van der Waals surface area (Å²) in [6.45, 7) is 6.22. The van der Waals surface area contributed by atoms with Gasteiger partial charge in [0.2, 0.25) is 0 Å². The zero-order valence-electron chi connectivity index (χ0n) is 17.0. The SMILES string of the molecule is CC(C)(C)OC(=O)N1CCCC1c1nc(-c2cccc3ccccc23)c(CO)s1. The van der Waals surface area contributed by atoms with Crippen molar-refractivity contribution in [1.82, 2.24) is 9.88 Å². The van der Waals surface area contributed by atoms with Gasteiger partial charge in [-0.25, -0.2) is 9.78 Å². The molecule has 0 spiro atoms. The quantitative estimate of drug-likeness (QED) is 0.617. The third-order valence-corrected chi connectivity index (χ3v) is 6.21. The van der Waals surface area contributed by atoms with E-state index in [9.17, 15) is 9.90 Å². The van der Waals surface area contributed by atoms with Crippen LogP contribution in [0.2, 0.25) is 0 Å². The Morgan fingerprint density at radius 1 is 1.24 bits per heavy atom. The van der Waals surface area contributed by atoms with Crippen LogP contribution >= 0.6 is 11.3 Å². The van der Waals surface area contributed by atoms with Crippen molar-refractivity contribution in [3.05, 3.63) is 52.3 Å². The second kappa shape index (κ2) is 7.76. The van der Waals surface area contributed by atoms with Gasteiger partial charge < -0.3 is 9.84 Å². The standard InChI is InChI=1S/C23H26N2O3S/c1-23(2,3)28-22(27)25-13-7-12-18(25)21-24-20(19(14-26)29-21)17-11-6-9-15-8-4-5-10-16(15)17/h4-6,8-11,18,26H,7,12-14H2,1-3H3. The first-order chi connectivity index (χ1) is 13.9. The fourth-order valence-corrected chi connectivity index (χ4v) is 4.91. The molecule has 1 aliphatic heterocycles. The average Bonchev–Trinajstić information content (AvgIpc) is 3.33. The zero-order valence-corrected chi connectivity index (χ0v) is 17.8. The van der Waals surface area contributed by atoms with Crippen LogP contribution in [0.25, 0.3) is 22.0 Å². The summed E-state index contributed by atoms with van der Waals surface area (Å²) < 4.78 is 5.59. The van der Waals surface area contributed by atoms with Crippen molar-refractivity contribution in [2.75, 3.05) is 6.54 Å². The number of aliphatic hydroxyl groups excluding tert-OH is 1. The molecule has 1 atom stereocenters. The molecule has 29 heavy (non-hydrogen) atoms. The van der Waals surface area contributed by atoms with Gasteiger partial charge in [-0.05, 0) is 44.4 Å². The van der Waals surface area contributed by atoms with Gasteiger partial charge >= 0.3 is 6.09 Å². The number of aliphatic hydroxyl groups is 1. The van der Waals surface area contributed by atoms with Crippen molar-refractivity contribution >= 4 is 28.2 Å². The maximum Gasteiger partial charge on any atom is 0.410 e. The Kier molecular flexibility index (Phi) is 5.32. The average molecular weight is 411 g/mol. The number of carbonyl (C=O) groups is 1. The summed E-state index contributed by atoms with van der Waals surface area (Å²) in [6.07, 6.45) is 1.47. The Morgan fingerprint density at radius 3 is 2.76 bits per heavy atom. The van der Waals surface area contributed by atoms with E-state index in [0.717, 1.165) is 44.8 Å². The summed E-state index contributed by atoms with van der Waals surface area (Å²) in [5.41, 5.74) is 1.29. The highest BCUT2D eigenvalue weighted by Crippen LogP contribution is 2.40. The van der Waals surface area contributed by atoms with Crippen LogP contribution in [-0.2, 0) is 11.3 Å². The molecule has 5 nitrogen and oxygen atoms in total. The van der Waals surface area contributed by atoms with Gasteiger partial charge in [0.25, 0.3) is 0 Å². The highest BCUT2D eigenvalue weighted by atomic mass is 32.1. The van der Waals surface area contributed by atoms with Crippen molar-refractivity contribution in [1.29, 1.82) is 0 Å². The molecule has 0 aliphatic carbocycles. The van der Waals surface area contributed by atoms with Crippen LogP contribution in [0.4, 0.5) is 4.79 Å². The molecule has 3 aromatic rings. The van der Waals surface area contributed by atoms with Crippen LogP contribution in [0.15, 0.2) is 42.5 Å². The number of thiazole rings is 1. The lowest BCUT2D eigenvalue weighted by Crippen LogP contribution is -2.36. The van der Waals surface area contributed by atoms with E-state index in [4.69, 9.17) is 9.72 Å². The lowest BCUT2D eigenvalue weighted by Gasteiger charge is -2.27. The summed E-state index contributed by atoms with van der Waals surface area (Å²) >= 11 is 1.49. The Morgan fingerprint density at radius 2 is 2.00 bits per heavy atom. The second-order valence-electron chi connectivity index (χ2n) is 8.34. The zero-order chi connectivity index (χ0) is 20.6. The minimum absolute atomic E-state index is 0.0740. The van der Waals surface area contributed by atoms with Crippen molar-refractivity contribution < 1.29 is 14.6 Å². The third kappa shape index (κ3) is 4.00. The van der Waals surface area contributed by atoms with Gasteiger partial charge in [-0.1, -0.05) is 42.5 Å². The topological polar surface area (TPSA) is 62.7 Å². The molecule has 152 valence electrons. The molecule has 1 unspecified atom stereocenters. The van der Waals surface area contributed by atoms with Gasteiger partial charge in [0.15, 0.2) is 0 Å². The highest BCUT2D eigenvalue weighted by molar-refractivity contribution is 7.12. The van der Waals surface area contributed by atoms with Crippen LogP contribution < -0.4 is 0 Å². The van der Waals surface area contributed by atoms with Crippen molar-refractivity contribution in [2.45, 2.75) is 51.9 Å². The second-order valence-corrected chi connectivity index (χ2v) is 9.46. The molecule has 2 aromatic carbocycles. The molecule has 1 amide bonds. The van der Waals surface area contributed by atoms with E-state index in [-0.39, 0.29) is 18.7 Å². The number of likely N-dealkylation sites (tertiary alicyclic amines) is 1. The number of hydrogen-bond acceptors (Lipinski definition) is 5. The van der Waals surface area contributed by atoms with E-state index in [0.29, 0.717) is 6.54 Å². The third-order valence-electron chi connectivity index (χ3n) is 5.07. The first kappa shape index (κ1) is 19.9. The molecular formula is C23H26N2O3S. The lowest BCUT2D eigenvalue weighted by molar-refractivity contribution is 0.0224. The maximum atomic E-state index is 12.7. The van der Waals surface area contributed by atoms with Crippen LogP contribution in [0.3, 0.4) is 0 Å². The van der Waals surface area contributed by atoms with Gasteiger partial charge in [0.05, 0.1) is 23.2 Å². The summed E-state index contributed by atoms with van der Waals surface area (Å²) in [7, 11) is 0. The molecule has 0 saturated carbocycles. The Hall–Kier alpha value is -2.44. The Balaban J connectivity index is 1.72. The van der Waals surface area contributed by atoms with Crippen LogP contribution in [0.1, 0.15) is 49.5 Å². The van der Waals surface area contributed by atoms with Gasteiger partial charge in [0, 0.05) is 12.1 Å². The number of benzene rings is 2. The van der Waals surface area contributed by atoms with Gasteiger partial charge in [0.1, 0.15) is 10.6 Å². The summed E-state index contributed by atoms with van der Waals surface area (Å²) in [4.78, 5) is 20.2. The molecule has 4 rings (SSSR count). The molecule has 1 fully saturated rings. The van der Waals surface area contributed by atoms with Crippen molar-refractivity contribution in [2.24, 2.45) is 0 Å². The molecule has 2 heterocycles. The van der Waals surface area contributed by atoms with Crippen LogP contribution in [0, 0.1) is 0 Å². The highest BCUT2D eigenvalue weighted by Gasteiger charge is 2.35. The van der Waals surface area contributed by atoms with Gasteiger partial charge in [-0.3, -0.25) is 4.90 Å². The fourth-order valence-electron chi connectivity index (χ4n) is 3.82. The minimum Gasteiger partial charge on any atom is -0.444 e. The molecule has 0 radical (unpaired) electrons. The molecule has 0 bridgehead atoms. The number of carbonyl (C=O) groups excluding carboxylic acids is 1. The first-order valence-corrected chi connectivity index (χ1v) is 10.8. The normalized spacial score (nSPS) is 17.1. The van der Waals surface area contributed by atoms with Gasteiger partial charge in [-0.15, -0.1) is 11.3 Å². The maximum absolute atomic E-state index is 12.7. The number of aromatic nitrogens is 1. The number of nitrogens with zero attached hydrogens (tertiary/aromatic N) is 2. The molecular weight excluding hydrogens is 384 g/mol. The summed E-state index contributed by atoms with van der Waals surface area (Å²) in [6, 6.07) is 14.2. The fraction of sp³-hybridized carbons (Fsp3) is 0.391. The Bertz CT molecular complexity index is 1030. The summed E-state index contributed by atoms with van der Waals surface area (Å²) in [5, 5.41) is 13.1. The first-order valence-electron chi connectivity index (χ1n) is 9.95. The number of rotatable bonds is 3. The monoisotopic (exact) mass is 410 g/mol. The van der Waals surface area contributed by atoms with Gasteiger partial charge in [-0.2, -0.15) is 0 Å². The van der Waals surface area contributed by atoms with Crippen LogP contribution in [-0.4, -0.2) is 33.2 Å². The van der Waals surface area contributed by atoms with E-state index < -0.39 is 5.60 Å². The molecule has 1 saturated heterocycles. The summed E-state index contributed by atoms with van der Waals surface area (Å²) in [5.74, 6) is 0. The van der Waals surface area contributed by atoms with E-state index in [1.54, 1.807) is 4.90 Å². The number of amides is 1. The minimum atomic E-state index is -0.530. The lowest BCUT2D eigenvalue weighted by atomic mass is 10.0.